The number of thioether (sulfide) groups is 1. The fourth-order valence-corrected chi connectivity index (χ4v) is 7.35. The van der Waals surface area contributed by atoms with Crippen LogP contribution in [-0.2, 0) is 15.3 Å². The maximum absolute atomic E-state index is 12.4. The van der Waals surface area contributed by atoms with Gasteiger partial charge in [0, 0.05) is 18.1 Å². The van der Waals surface area contributed by atoms with Gasteiger partial charge in [0.2, 0.25) is 5.91 Å². The van der Waals surface area contributed by atoms with Crippen molar-refractivity contribution in [2.75, 3.05) is 18.1 Å². The van der Waals surface area contributed by atoms with Crippen LogP contribution in [0.2, 0.25) is 0 Å². The first-order valence-corrected chi connectivity index (χ1v) is 15.1. The van der Waals surface area contributed by atoms with Crippen LogP contribution in [0.25, 0.3) is 0 Å². The van der Waals surface area contributed by atoms with Crippen molar-refractivity contribution in [2.45, 2.75) is 10.5 Å². The molecule has 4 aromatic carbocycles. The lowest BCUT2D eigenvalue weighted by Gasteiger charge is -2.35. The van der Waals surface area contributed by atoms with Gasteiger partial charge < -0.3 is 5.32 Å². The molecule has 178 valence electrons. The number of hydrogen-bond acceptors (Lipinski definition) is 4. The van der Waals surface area contributed by atoms with E-state index in [0.717, 1.165) is 11.5 Å². The Bertz CT molecular complexity index is 1060. The summed E-state index contributed by atoms with van der Waals surface area (Å²) in [6.45, 7) is 0.627. The van der Waals surface area contributed by atoms with E-state index in [4.69, 9.17) is 0 Å². The molecule has 0 aliphatic carbocycles. The third-order valence-electron chi connectivity index (χ3n) is 5.63. The van der Waals surface area contributed by atoms with Crippen molar-refractivity contribution < 1.29 is 4.79 Å². The third-order valence-corrected chi connectivity index (χ3v) is 9.38. The Morgan fingerprint density at radius 2 is 1.09 bits per heavy atom. The van der Waals surface area contributed by atoms with Crippen LogP contribution in [0.15, 0.2) is 121 Å². The topological polar surface area (TPSA) is 29.1 Å². The van der Waals surface area contributed by atoms with Gasteiger partial charge in [-0.2, -0.15) is 0 Å². The minimum absolute atomic E-state index is 0.0842. The maximum atomic E-state index is 12.4. The summed E-state index contributed by atoms with van der Waals surface area (Å²) in [5.41, 5.74) is 4.99. The molecular weight excluding hydrogens is 487 g/mol. The first kappa shape index (κ1) is 25.5. The summed E-state index contributed by atoms with van der Waals surface area (Å²) in [6, 6.07) is 42.3. The predicted octanol–water partition coefficient (Wildman–Crippen LogP) is 7.41. The highest BCUT2D eigenvalue weighted by Crippen LogP contribution is 2.48. The number of carbonyl (C=O) groups excluding carboxylic acids is 1. The summed E-state index contributed by atoms with van der Waals surface area (Å²) in [4.78, 5) is 12.4. The molecule has 0 saturated carbocycles. The summed E-state index contributed by atoms with van der Waals surface area (Å²) >= 11 is 1.87. The summed E-state index contributed by atoms with van der Waals surface area (Å²) in [5, 5.41) is 3.11. The summed E-state index contributed by atoms with van der Waals surface area (Å²) in [6.07, 6.45) is 0. The highest BCUT2D eigenvalue weighted by Gasteiger charge is 2.36. The zero-order chi connectivity index (χ0) is 24.2. The van der Waals surface area contributed by atoms with Crippen molar-refractivity contribution in [3.05, 3.63) is 144 Å². The van der Waals surface area contributed by atoms with E-state index in [1.165, 1.54) is 22.3 Å². The minimum atomic E-state index is -0.352. The van der Waals surface area contributed by atoms with Gasteiger partial charge in [-0.3, -0.25) is 4.79 Å². The fraction of sp³-hybridized carbons (Fsp3) is 0.167. The van der Waals surface area contributed by atoms with E-state index < -0.39 is 0 Å². The molecule has 4 aromatic rings. The molecule has 2 nitrogen and oxygen atoms in total. The maximum Gasteiger partial charge on any atom is 0.230 e. The third kappa shape index (κ3) is 6.97. The first-order valence-electron chi connectivity index (χ1n) is 11.6. The van der Waals surface area contributed by atoms with E-state index in [0.29, 0.717) is 12.3 Å². The first-order chi connectivity index (χ1) is 17.3. The Kier molecular flexibility index (Phi) is 9.82. The average Bonchev–Trinajstić information content (AvgIpc) is 2.93. The second-order valence-electron chi connectivity index (χ2n) is 7.99. The van der Waals surface area contributed by atoms with Gasteiger partial charge in [-0.1, -0.05) is 143 Å². The van der Waals surface area contributed by atoms with Crippen LogP contribution in [0.3, 0.4) is 0 Å². The van der Waals surface area contributed by atoms with E-state index in [-0.39, 0.29) is 10.7 Å². The van der Waals surface area contributed by atoms with Crippen LogP contribution in [0, 0.1) is 0 Å². The molecule has 0 spiro atoms. The molecule has 0 fully saturated rings. The standard InChI is InChI=1S/C30H29NOS3/c32-29(24-35-34-23-25-13-5-1-6-14-25)31-21-22-33-30(26-15-7-2-8-16-26,27-17-9-3-10-18-27)28-19-11-4-12-20-28/h1-20H,21-24H2,(H,31,32). The second kappa shape index (κ2) is 13.5. The highest BCUT2D eigenvalue weighted by molar-refractivity contribution is 8.76. The van der Waals surface area contributed by atoms with Crippen molar-refractivity contribution in [2.24, 2.45) is 0 Å². The lowest BCUT2D eigenvalue weighted by Crippen LogP contribution is -2.31. The quantitative estimate of drug-likeness (QED) is 0.121. The SMILES string of the molecule is O=C(CSSCc1ccccc1)NCCSC(c1ccccc1)(c1ccccc1)c1ccccc1. The van der Waals surface area contributed by atoms with E-state index in [9.17, 15) is 4.79 Å². The van der Waals surface area contributed by atoms with Gasteiger partial charge in [0.15, 0.2) is 0 Å². The van der Waals surface area contributed by atoms with Crippen molar-refractivity contribution in [1.29, 1.82) is 0 Å². The van der Waals surface area contributed by atoms with Crippen LogP contribution in [0.4, 0.5) is 0 Å². The van der Waals surface area contributed by atoms with Crippen LogP contribution in [0.1, 0.15) is 22.3 Å². The molecule has 0 unspecified atom stereocenters. The molecule has 4 rings (SSSR count). The molecule has 0 saturated heterocycles. The molecular formula is C30H29NOS3. The monoisotopic (exact) mass is 515 g/mol. The van der Waals surface area contributed by atoms with Gasteiger partial charge in [0.25, 0.3) is 0 Å². The van der Waals surface area contributed by atoms with Gasteiger partial charge in [-0.25, -0.2) is 0 Å². The summed E-state index contributed by atoms with van der Waals surface area (Å²) in [7, 11) is 3.33. The Hall–Kier alpha value is -2.60. The summed E-state index contributed by atoms with van der Waals surface area (Å²) in [5.74, 6) is 2.25. The van der Waals surface area contributed by atoms with Gasteiger partial charge >= 0.3 is 0 Å². The van der Waals surface area contributed by atoms with Gasteiger partial charge in [-0.05, 0) is 22.3 Å². The molecule has 0 radical (unpaired) electrons. The molecule has 0 heterocycles. The normalized spacial score (nSPS) is 11.2. The largest absolute Gasteiger partial charge is 0.355 e. The molecule has 1 N–H and O–H groups in total. The Morgan fingerprint density at radius 3 is 1.57 bits per heavy atom. The molecule has 35 heavy (non-hydrogen) atoms. The predicted molar refractivity (Wildman–Crippen MR) is 155 cm³/mol. The molecule has 0 bridgehead atoms. The van der Waals surface area contributed by atoms with Crippen LogP contribution in [-0.4, -0.2) is 24.0 Å². The van der Waals surface area contributed by atoms with Crippen molar-refractivity contribution in [1.82, 2.24) is 5.32 Å². The minimum Gasteiger partial charge on any atom is -0.355 e. The van der Waals surface area contributed by atoms with Gasteiger partial charge in [0.1, 0.15) is 0 Å². The van der Waals surface area contributed by atoms with Crippen molar-refractivity contribution in [3.63, 3.8) is 0 Å². The number of amides is 1. The summed E-state index contributed by atoms with van der Waals surface area (Å²) < 4.78 is -0.352. The second-order valence-corrected chi connectivity index (χ2v) is 11.8. The van der Waals surface area contributed by atoms with E-state index in [1.54, 1.807) is 21.6 Å². The smallest absolute Gasteiger partial charge is 0.230 e. The fourth-order valence-electron chi connectivity index (χ4n) is 3.99. The molecule has 0 aliphatic rings. The average molecular weight is 516 g/mol. The number of carbonyl (C=O) groups is 1. The Labute approximate surface area is 220 Å². The van der Waals surface area contributed by atoms with Crippen molar-refractivity contribution >= 4 is 39.3 Å². The molecule has 0 aliphatic heterocycles. The molecule has 1 amide bonds. The number of nitrogens with one attached hydrogen (secondary N) is 1. The number of hydrogen-bond donors (Lipinski definition) is 1. The molecule has 0 aromatic heterocycles. The molecule has 0 atom stereocenters. The van der Waals surface area contributed by atoms with E-state index in [2.05, 4.69) is 108 Å². The van der Waals surface area contributed by atoms with Gasteiger partial charge in [-0.15, -0.1) is 11.8 Å². The Morgan fingerprint density at radius 1 is 0.629 bits per heavy atom. The highest BCUT2D eigenvalue weighted by atomic mass is 33.1. The van der Waals surface area contributed by atoms with Crippen LogP contribution in [0.5, 0.6) is 0 Å². The van der Waals surface area contributed by atoms with Gasteiger partial charge in [0.05, 0.1) is 10.5 Å². The number of rotatable bonds is 12. The zero-order valence-corrected chi connectivity index (χ0v) is 22.0. The van der Waals surface area contributed by atoms with E-state index >= 15 is 0 Å². The Balaban J connectivity index is 1.40. The van der Waals surface area contributed by atoms with E-state index in [1.807, 2.05) is 30.0 Å². The molecule has 5 heteroatoms. The zero-order valence-electron chi connectivity index (χ0n) is 19.5. The lowest BCUT2D eigenvalue weighted by molar-refractivity contribution is -0.118. The van der Waals surface area contributed by atoms with Crippen LogP contribution < -0.4 is 5.32 Å². The van der Waals surface area contributed by atoms with Crippen molar-refractivity contribution in [3.8, 4) is 0 Å². The number of benzene rings is 4. The lowest BCUT2D eigenvalue weighted by atomic mass is 9.84. The van der Waals surface area contributed by atoms with Crippen LogP contribution >= 0.6 is 33.3 Å².